The molecule has 0 saturated carbocycles. The molecule has 3 N–H and O–H groups in total. The average molecular weight is 364 g/mol. The molecule has 3 heterocycles. The largest absolute Gasteiger partial charge is 0.383 e. The smallest absolute Gasteiger partial charge is 0.332 e. The summed E-state index contributed by atoms with van der Waals surface area (Å²) < 4.78 is 3.84. The maximum atomic E-state index is 12.5. The monoisotopic (exact) mass is 364 g/mol. The first-order valence-electron chi connectivity index (χ1n) is 8.05. The van der Waals surface area contributed by atoms with E-state index in [0.717, 1.165) is 10.3 Å². The van der Waals surface area contributed by atoms with Crippen molar-refractivity contribution in [2.24, 2.45) is 14.1 Å². The van der Waals surface area contributed by atoms with Crippen LogP contribution in [0, 0.1) is 0 Å². The van der Waals surface area contributed by atoms with Gasteiger partial charge < -0.3 is 11.1 Å². The minimum Gasteiger partial charge on any atom is -0.383 e. The third-order valence-corrected chi connectivity index (χ3v) is 4.32. The van der Waals surface area contributed by atoms with Gasteiger partial charge in [0, 0.05) is 14.1 Å². The summed E-state index contributed by atoms with van der Waals surface area (Å²) in [7, 11) is 2.88. The van der Waals surface area contributed by atoms with Crippen molar-refractivity contribution >= 4 is 28.4 Å². The molecule has 0 aliphatic heterocycles. The fraction of sp³-hybridized carbons (Fsp3) is 0.118. The van der Waals surface area contributed by atoms with Crippen molar-refractivity contribution < 1.29 is 0 Å². The number of benzene rings is 1. The highest BCUT2D eigenvalue weighted by molar-refractivity contribution is 5.90. The molecule has 0 amide bonds. The quantitative estimate of drug-likeness (QED) is 0.543. The zero-order valence-corrected chi connectivity index (χ0v) is 14.6. The SMILES string of the molecule is Cn1c(N)c(Nc2ncnc3c2cnn3-c2ccccc2)c(=O)n(C)c1=O. The summed E-state index contributed by atoms with van der Waals surface area (Å²) in [4.78, 5) is 32.9. The molecule has 136 valence electrons. The van der Waals surface area contributed by atoms with Gasteiger partial charge in [-0.15, -0.1) is 0 Å². The number of hydrogen-bond acceptors (Lipinski definition) is 7. The van der Waals surface area contributed by atoms with Gasteiger partial charge in [-0.1, -0.05) is 18.2 Å². The van der Waals surface area contributed by atoms with Crippen LogP contribution >= 0.6 is 0 Å². The molecule has 0 aliphatic rings. The van der Waals surface area contributed by atoms with Gasteiger partial charge in [-0.2, -0.15) is 5.10 Å². The number of aromatic nitrogens is 6. The second-order valence-electron chi connectivity index (χ2n) is 5.94. The topological polar surface area (TPSA) is 126 Å². The fourth-order valence-corrected chi connectivity index (χ4v) is 2.80. The van der Waals surface area contributed by atoms with Crippen LogP contribution in [0.2, 0.25) is 0 Å². The molecule has 27 heavy (non-hydrogen) atoms. The maximum absolute atomic E-state index is 12.5. The summed E-state index contributed by atoms with van der Waals surface area (Å²) in [5.41, 5.74) is 6.39. The highest BCUT2D eigenvalue weighted by Gasteiger charge is 2.17. The van der Waals surface area contributed by atoms with Crippen LogP contribution in [0.4, 0.5) is 17.3 Å². The highest BCUT2D eigenvalue weighted by Crippen LogP contribution is 2.24. The Balaban J connectivity index is 1.87. The van der Waals surface area contributed by atoms with E-state index in [1.54, 1.807) is 10.9 Å². The van der Waals surface area contributed by atoms with Gasteiger partial charge in [0.2, 0.25) is 0 Å². The van der Waals surface area contributed by atoms with E-state index in [9.17, 15) is 9.59 Å². The van der Waals surface area contributed by atoms with Crippen molar-refractivity contribution in [3.05, 3.63) is 63.7 Å². The molecule has 4 aromatic rings. The lowest BCUT2D eigenvalue weighted by Gasteiger charge is -2.13. The number of nitrogen functional groups attached to an aromatic ring is 1. The molecule has 3 aromatic heterocycles. The molecule has 0 fully saturated rings. The Morgan fingerprint density at radius 2 is 1.78 bits per heavy atom. The van der Waals surface area contributed by atoms with Crippen LogP contribution in [0.15, 0.2) is 52.4 Å². The number of nitrogens with one attached hydrogen (secondary N) is 1. The molecule has 1 aromatic carbocycles. The predicted octanol–water partition coefficient (Wildman–Crippen LogP) is 0.539. The van der Waals surface area contributed by atoms with Crippen LogP contribution in [-0.4, -0.2) is 28.9 Å². The first kappa shape index (κ1) is 16.5. The molecular formula is C17H16N8O2. The van der Waals surface area contributed by atoms with Gasteiger partial charge in [0.1, 0.15) is 23.7 Å². The van der Waals surface area contributed by atoms with Crippen LogP contribution in [0.25, 0.3) is 16.7 Å². The van der Waals surface area contributed by atoms with Crippen LogP contribution in [0.3, 0.4) is 0 Å². The highest BCUT2D eigenvalue weighted by atomic mass is 16.2. The molecule has 4 rings (SSSR count). The lowest BCUT2D eigenvalue weighted by Crippen LogP contribution is -2.39. The number of nitrogens with two attached hydrogens (primary N) is 1. The Kier molecular flexibility index (Phi) is 3.73. The second kappa shape index (κ2) is 6.09. The molecule has 10 nitrogen and oxygen atoms in total. The number of fused-ring (bicyclic) bond motifs is 1. The van der Waals surface area contributed by atoms with Crippen LogP contribution in [-0.2, 0) is 14.1 Å². The molecule has 0 spiro atoms. The van der Waals surface area contributed by atoms with Gasteiger partial charge >= 0.3 is 5.69 Å². The minimum atomic E-state index is -0.544. The Hall–Kier alpha value is -3.95. The summed E-state index contributed by atoms with van der Waals surface area (Å²) in [6.07, 6.45) is 2.97. The third kappa shape index (κ3) is 2.54. The number of para-hydroxylation sites is 1. The van der Waals surface area contributed by atoms with E-state index in [4.69, 9.17) is 5.73 Å². The number of hydrogen-bond donors (Lipinski definition) is 2. The minimum absolute atomic E-state index is 0.0188. The predicted molar refractivity (Wildman–Crippen MR) is 101 cm³/mol. The molecule has 0 saturated heterocycles. The lowest BCUT2D eigenvalue weighted by atomic mass is 10.3. The third-order valence-electron chi connectivity index (χ3n) is 4.32. The van der Waals surface area contributed by atoms with Crippen LogP contribution < -0.4 is 22.3 Å². The number of nitrogens with zero attached hydrogens (tertiary/aromatic N) is 6. The van der Waals surface area contributed by atoms with Gasteiger partial charge in [0.05, 0.1) is 17.3 Å². The van der Waals surface area contributed by atoms with Crippen molar-refractivity contribution in [3.63, 3.8) is 0 Å². The zero-order valence-electron chi connectivity index (χ0n) is 14.6. The summed E-state index contributed by atoms with van der Waals surface area (Å²) in [6.45, 7) is 0. The summed E-state index contributed by atoms with van der Waals surface area (Å²) >= 11 is 0. The van der Waals surface area contributed by atoms with E-state index in [1.165, 1.54) is 25.0 Å². The second-order valence-corrected chi connectivity index (χ2v) is 5.94. The van der Waals surface area contributed by atoms with E-state index in [0.29, 0.717) is 16.9 Å². The van der Waals surface area contributed by atoms with E-state index in [1.807, 2.05) is 30.3 Å². The van der Waals surface area contributed by atoms with Gasteiger partial charge in [0.15, 0.2) is 5.65 Å². The molecule has 10 heteroatoms. The Morgan fingerprint density at radius 3 is 2.52 bits per heavy atom. The molecular weight excluding hydrogens is 348 g/mol. The van der Waals surface area contributed by atoms with Crippen molar-refractivity contribution in [2.45, 2.75) is 0 Å². The number of anilines is 3. The first-order valence-corrected chi connectivity index (χ1v) is 8.05. The van der Waals surface area contributed by atoms with Gasteiger partial charge in [0.25, 0.3) is 5.56 Å². The van der Waals surface area contributed by atoms with Gasteiger partial charge in [-0.3, -0.25) is 13.9 Å². The summed E-state index contributed by atoms with van der Waals surface area (Å²) in [5.74, 6) is 0.384. The normalized spacial score (nSPS) is 11.0. The Bertz CT molecular complexity index is 1270. The maximum Gasteiger partial charge on any atom is 0.332 e. The molecule has 0 radical (unpaired) electrons. The molecule has 0 unspecified atom stereocenters. The van der Waals surface area contributed by atoms with Crippen LogP contribution in [0.5, 0.6) is 0 Å². The van der Waals surface area contributed by atoms with Gasteiger partial charge in [-0.05, 0) is 12.1 Å². The van der Waals surface area contributed by atoms with E-state index in [-0.39, 0.29) is 11.5 Å². The summed E-state index contributed by atoms with van der Waals surface area (Å²) in [6, 6.07) is 9.52. The van der Waals surface area contributed by atoms with E-state index < -0.39 is 11.2 Å². The van der Waals surface area contributed by atoms with Crippen molar-refractivity contribution in [2.75, 3.05) is 11.1 Å². The fourth-order valence-electron chi connectivity index (χ4n) is 2.80. The Morgan fingerprint density at radius 1 is 1.04 bits per heavy atom. The van der Waals surface area contributed by atoms with Crippen molar-refractivity contribution in [1.82, 2.24) is 28.9 Å². The molecule has 0 aliphatic carbocycles. The first-order chi connectivity index (χ1) is 13.0. The van der Waals surface area contributed by atoms with Crippen LogP contribution in [0.1, 0.15) is 0 Å². The van der Waals surface area contributed by atoms with Gasteiger partial charge in [-0.25, -0.2) is 19.4 Å². The van der Waals surface area contributed by atoms with Crippen molar-refractivity contribution in [3.8, 4) is 5.69 Å². The number of rotatable bonds is 3. The van der Waals surface area contributed by atoms with E-state index in [2.05, 4.69) is 20.4 Å². The standard InChI is InChI=1S/C17H16N8O2/c1-23-13(18)12(16(26)24(2)17(23)27)22-14-11-8-21-25(15(11)20-9-19-14)10-6-4-3-5-7-10/h3-9H,18H2,1-2H3,(H,19,20,22). The lowest BCUT2D eigenvalue weighted by molar-refractivity contribution is 0.697. The zero-order chi connectivity index (χ0) is 19.1. The Labute approximate surface area is 152 Å². The van der Waals surface area contributed by atoms with E-state index >= 15 is 0 Å². The molecule has 0 atom stereocenters. The average Bonchev–Trinajstić information content (AvgIpc) is 3.14. The molecule has 0 bridgehead atoms. The van der Waals surface area contributed by atoms with Crippen molar-refractivity contribution in [1.29, 1.82) is 0 Å². The summed E-state index contributed by atoms with van der Waals surface area (Å²) in [5, 5.41) is 7.91.